The summed E-state index contributed by atoms with van der Waals surface area (Å²) in [7, 11) is 0. The minimum atomic E-state index is -0.298. The molecule has 0 fully saturated rings. The van der Waals surface area contributed by atoms with E-state index in [-0.39, 0.29) is 11.8 Å². The van der Waals surface area contributed by atoms with Crippen LogP contribution in [0.3, 0.4) is 0 Å². The molecule has 17 heavy (non-hydrogen) atoms. The summed E-state index contributed by atoms with van der Waals surface area (Å²) in [5, 5.41) is 2.53. The van der Waals surface area contributed by atoms with Gasteiger partial charge >= 0.3 is 0 Å². The van der Waals surface area contributed by atoms with E-state index < -0.39 is 0 Å². The molecule has 86 valence electrons. The summed E-state index contributed by atoms with van der Waals surface area (Å²) in [4.78, 5) is 19.3. The number of hydrogen-bond acceptors (Lipinski definition) is 3. The number of alkyl halides is 1. The number of nitrogens with one attached hydrogen (secondary N) is 1. The van der Waals surface area contributed by atoms with Gasteiger partial charge in [-0.2, -0.15) is 0 Å². The smallest absolute Gasteiger partial charge is 0.240 e. The van der Waals surface area contributed by atoms with Crippen LogP contribution in [-0.4, -0.2) is 21.8 Å². The van der Waals surface area contributed by atoms with Crippen LogP contribution in [0.1, 0.15) is 0 Å². The van der Waals surface area contributed by atoms with Gasteiger partial charge in [0.1, 0.15) is 5.88 Å². The van der Waals surface area contributed by atoms with E-state index in [2.05, 4.69) is 15.3 Å². The van der Waals surface area contributed by atoms with Gasteiger partial charge in [0.25, 0.3) is 0 Å². The lowest BCUT2D eigenvalue weighted by molar-refractivity contribution is -0.113. The van der Waals surface area contributed by atoms with Crippen LogP contribution in [0, 0.1) is 0 Å². The van der Waals surface area contributed by atoms with Crippen LogP contribution in [0.25, 0.3) is 11.3 Å². The van der Waals surface area contributed by atoms with E-state index in [4.69, 9.17) is 11.6 Å². The van der Waals surface area contributed by atoms with Crippen LogP contribution in [0.5, 0.6) is 0 Å². The van der Waals surface area contributed by atoms with Gasteiger partial charge in [-0.1, -0.05) is 30.3 Å². The van der Waals surface area contributed by atoms with Gasteiger partial charge in [0.2, 0.25) is 5.91 Å². The summed E-state index contributed by atoms with van der Waals surface area (Å²) < 4.78 is 0. The molecule has 0 spiro atoms. The Balaban J connectivity index is 2.16. The maximum absolute atomic E-state index is 11.0. The molecule has 0 bridgehead atoms. The van der Waals surface area contributed by atoms with Crippen molar-refractivity contribution >= 4 is 23.3 Å². The molecule has 4 nitrogen and oxygen atoms in total. The first kappa shape index (κ1) is 11.5. The Morgan fingerprint density at radius 3 is 2.53 bits per heavy atom. The maximum Gasteiger partial charge on any atom is 0.240 e. The molecule has 1 heterocycles. The second-order valence-electron chi connectivity index (χ2n) is 3.33. The SMILES string of the molecule is O=C(CCl)Nc1cnc(-c2ccccc2)cn1. The fourth-order valence-electron chi connectivity index (χ4n) is 1.33. The highest BCUT2D eigenvalue weighted by atomic mass is 35.5. The molecule has 0 unspecified atom stereocenters. The average molecular weight is 248 g/mol. The van der Waals surface area contributed by atoms with Crippen molar-refractivity contribution in [2.24, 2.45) is 0 Å². The molecule has 0 saturated carbocycles. The Labute approximate surface area is 104 Å². The first-order valence-electron chi connectivity index (χ1n) is 5.03. The zero-order valence-electron chi connectivity index (χ0n) is 8.93. The van der Waals surface area contributed by atoms with Crippen LogP contribution in [0.15, 0.2) is 42.7 Å². The first-order chi connectivity index (χ1) is 8.29. The molecule has 0 aliphatic heterocycles. The minimum absolute atomic E-state index is 0.0951. The maximum atomic E-state index is 11.0. The standard InChI is InChI=1S/C12H10ClN3O/c13-6-12(17)16-11-8-14-10(7-15-11)9-4-2-1-3-5-9/h1-5,7-8H,6H2,(H,15,16,17). The summed E-state index contributed by atoms with van der Waals surface area (Å²) >= 11 is 5.37. The molecule has 1 aromatic carbocycles. The van der Waals surface area contributed by atoms with E-state index >= 15 is 0 Å². The summed E-state index contributed by atoms with van der Waals surface area (Å²) in [5.41, 5.74) is 1.74. The lowest BCUT2D eigenvalue weighted by Gasteiger charge is -2.03. The third-order valence-corrected chi connectivity index (χ3v) is 2.35. The topological polar surface area (TPSA) is 54.9 Å². The van der Waals surface area contributed by atoms with E-state index in [0.29, 0.717) is 5.82 Å². The van der Waals surface area contributed by atoms with Crippen LogP contribution in [0.4, 0.5) is 5.82 Å². The molecule has 1 aromatic heterocycles. The number of rotatable bonds is 3. The fraction of sp³-hybridized carbons (Fsp3) is 0.0833. The summed E-state index contributed by atoms with van der Waals surface area (Å²) in [6, 6.07) is 9.69. The molecule has 2 rings (SSSR count). The highest BCUT2D eigenvalue weighted by Crippen LogP contribution is 2.15. The third kappa shape index (κ3) is 3.01. The minimum Gasteiger partial charge on any atom is -0.308 e. The Morgan fingerprint density at radius 1 is 1.18 bits per heavy atom. The van der Waals surface area contributed by atoms with Crippen molar-refractivity contribution in [1.82, 2.24) is 9.97 Å². The van der Waals surface area contributed by atoms with Crippen LogP contribution >= 0.6 is 11.6 Å². The number of nitrogens with zero attached hydrogens (tertiary/aromatic N) is 2. The summed E-state index contributed by atoms with van der Waals surface area (Å²) in [6.07, 6.45) is 3.12. The Morgan fingerprint density at radius 2 is 1.94 bits per heavy atom. The van der Waals surface area contributed by atoms with E-state index in [0.717, 1.165) is 11.3 Å². The molecule has 1 amide bonds. The molecule has 0 aliphatic rings. The number of benzene rings is 1. The van der Waals surface area contributed by atoms with E-state index in [9.17, 15) is 4.79 Å². The zero-order valence-corrected chi connectivity index (χ0v) is 9.69. The lowest BCUT2D eigenvalue weighted by Crippen LogP contribution is -2.13. The third-order valence-electron chi connectivity index (χ3n) is 2.11. The predicted octanol–water partition coefficient (Wildman–Crippen LogP) is 2.32. The van der Waals surface area contributed by atoms with E-state index in [1.54, 1.807) is 6.20 Å². The highest BCUT2D eigenvalue weighted by Gasteiger charge is 2.03. The number of carbonyl (C=O) groups is 1. The first-order valence-corrected chi connectivity index (χ1v) is 5.56. The van der Waals surface area contributed by atoms with Gasteiger partial charge in [0.05, 0.1) is 18.1 Å². The second-order valence-corrected chi connectivity index (χ2v) is 3.60. The van der Waals surface area contributed by atoms with Gasteiger partial charge in [0, 0.05) is 5.56 Å². The Kier molecular flexibility index (Phi) is 3.67. The molecule has 1 N–H and O–H groups in total. The van der Waals surface area contributed by atoms with Crippen molar-refractivity contribution in [3.8, 4) is 11.3 Å². The van der Waals surface area contributed by atoms with Crippen molar-refractivity contribution in [3.63, 3.8) is 0 Å². The number of aromatic nitrogens is 2. The van der Waals surface area contributed by atoms with Crippen molar-refractivity contribution in [1.29, 1.82) is 0 Å². The molecular formula is C12H10ClN3O. The Hall–Kier alpha value is -1.94. The van der Waals surface area contributed by atoms with Gasteiger partial charge in [0.15, 0.2) is 5.82 Å². The lowest BCUT2D eigenvalue weighted by atomic mass is 10.2. The fourth-order valence-corrected chi connectivity index (χ4v) is 1.39. The monoisotopic (exact) mass is 247 g/mol. The van der Waals surface area contributed by atoms with Crippen molar-refractivity contribution in [3.05, 3.63) is 42.7 Å². The number of anilines is 1. The van der Waals surface area contributed by atoms with Gasteiger partial charge in [-0.25, -0.2) is 4.98 Å². The van der Waals surface area contributed by atoms with Crippen LogP contribution in [0.2, 0.25) is 0 Å². The predicted molar refractivity (Wildman–Crippen MR) is 66.8 cm³/mol. The normalized spacial score (nSPS) is 9.94. The van der Waals surface area contributed by atoms with Crippen LogP contribution < -0.4 is 5.32 Å². The number of carbonyl (C=O) groups excluding carboxylic acids is 1. The Bertz CT molecular complexity index is 499. The van der Waals surface area contributed by atoms with Crippen LogP contribution in [-0.2, 0) is 4.79 Å². The largest absolute Gasteiger partial charge is 0.308 e. The molecule has 0 saturated heterocycles. The average Bonchev–Trinajstić information content (AvgIpc) is 2.40. The number of hydrogen-bond donors (Lipinski definition) is 1. The second kappa shape index (κ2) is 5.41. The van der Waals surface area contributed by atoms with E-state index in [1.807, 2.05) is 30.3 Å². The van der Waals surface area contributed by atoms with Crippen molar-refractivity contribution < 1.29 is 4.79 Å². The van der Waals surface area contributed by atoms with Crippen molar-refractivity contribution in [2.45, 2.75) is 0 Å². The summed E-state index contributed by atoms with van der Waals surface area (Å²) in [5.74, 6) is 0.00558. The zero-order chi connectivity index (χ0) is 12.1. The highest BCUT2D eigenvalue weighted by molar-refractivity contribution is 6.28. The van der Waals surface area contributed by atoms with Gasteiger partial charge in [-0.05, 0) is 0 Å². The number of halogens is 1. The number of amides is 1. The molecule has 0 radical (unpaired) electrons. The van der Waals surface area contributed by atoms with E-state index in [1.165, 1.54) is 6.20 Å². The molecule has 0 atom stereocenters. The molecule has 5 heteroatoms. The van der Waals surface area contributed by atoms with Crippen molar-refractivity contribution in [2.75, 3.05) is 11.2 Å². The quantitative estimate of drug-likeness (QED) is 0.847. The molecule has 2 aromatic rings. The summed E-state index contributed by atoms with van der Waals surface area (Å²) in [6.45, 7) is 0. The molecule has 0 aliphatic carbocycles. The molecular weight excluding hydrogens is 238 g/mol. The van der Waals surface area contributed by atoms with Gasteiger partial charge in [-0.3, -0.25) is 9.78 Å². The van der Waals surface area contributed by atoms with Gasteiger partial charge in [-0.15, -0.1) is 11.6 Å². The van der Waals surface area contributed by atoms with Gasteiger partial charge < -0.3 is 5.32 Å².